The van der Waals surface area contributed by atoms with Crippen LogP contribution in [0.25, 0.3) is 0 Å². The Morgan fingerprint density at radius 3 is 2.63 bits per heavy atom. The van der Waals surface area contributed by atoms with Gasteiger partial charge in [-0.25, -0.2) is 8.42 Å². The van der Waals surface area contributed by atoms with Gasteiger partial charge in [0.15, 0.2) is 0 Å². The molecular weight excluding hydrogens is 430 g/mol. The third-order valence-electron chi connectivity index (χ3n) is 4.47. The van der Waals surface area contributed by atoms with Gasteiger partial charge in [-0.05, 0) is 49.6 Å². The summed E-state index contributed by atoms with van der Waals surface area (Å²) in [7, 11) is -4.05. The van der Waals surface area contributed by atoms with Crippen LogP contribution in [0.5, 0.6) is 0 Å². The number of nitro benzene ring substituents is 1. The molecule has 2 aromatic carbocycles. The zero-order valence-corrected chi connectivity index (χ0v) is 17.6. The van der Waals surface area contributed by atoms with Gasteiger partial charge in [-0.2, -0.15) is 5.10 Å². The molecule has 0 aliphatic carbocycles. The Morgan fingerprint density at radius 1 is 1.20 bits per heavy atom. The summed E-state index contributed by atoms with van der Waals surface area (Å²) in [4.78, 5) is 10.7. The van der Waals surface area contributed by atoms with Crippen molar-refractivity contribution in [1.29, 1.82) is 0 Å². The minimum absolute atomic E-state index is 0.193. The molecule has 0 fully saturated rings. The van der Waals surface area contributed by atoms with Crippen LogP contribution in [0.1, 0.15) is 17.7 Å². The lowest BCUT2D eigenvalue weighted by Gasteiger charge is -2.11. The first-order chi connectivity index (χ1) is 14.3. The number of hydrogen-bond donors (Lipinski definition) is 3. The zero-order chi connectivity index (χ0) is 21.7. The van der Waals surface area contributed by atoms with Gasteiger partial charge in [0.2, 0.25) is 0 Å². The number of nitrogens with zero attached hydrogens (tertiary/aromatic N) is 2. The number of aromatic nitrogens is 2. The van der Waals surface area contributed by atoms with Crippen LogP contribution >= 0.6 is 11.6 Å². The second kappa shape index (κ2) is 9.14. The maximum absolute atomic E-state index is 12.6. The van der Waals surface area contributed by atoms with Gasteiger partial charge in [-0.3, -0.25) is 19.9 Å². The highest BCUT2D eigenvalue weighted by Crippen LogP contribution is 2.30. The third-order valence-corrected chi connectivity index (χ3v) is 6.16. The average Bonchev–Trinajstić information content (AvgIpc) is 3.11. The van der Waals surface area contributed by atoms with Crippen molar-refractivity contribution in [2.75, 3.05) is 16.6 Å². The Bertz CT molecular complexity index is 1160. The van der Waals surface area contributed by atoms with E-state index in [9.17, 15) is 18.5 Å². The van der Waals surface area contributed by atoms with Crippen LogP contribution in [-0.4, -0.2) is 30.1 Å². The highest BCUT2D eigenvalue weighted by Gasteiger charge is 2.22. The molecule has 158 valence electrons. The smallest absolute Gasteiger partial charge is 0.293 e. The number of para-hydroxylation sites is 1. The summed E-state index contributed by atoms with van der Waals surface area (Å²) in [5.74, 6) is 0. The lowest BCUT2D eigenvalue weighted by atomic mass is 10.1. The maximum Gasteiger partial charge on any atom is 0.293 e. The van der Waals surface area contributed by atoms with E-state index >= 15 is 0 Å². The van der Waals surface area contributed by atoms with E-state index in [4.69, 9.17) is 11.6 Å². The molecule has 0 aliphatic rings. The maximum atomic E-state index is 12.6. The van der Waals surface area contributed by atoms with E-state index in [1.165, 1.54) is 18.2 Å². The van der Waals surface area contributed by atoms with E-state index in [1.807, 2.05) is 6.92 Å². The lowest BCUT2D eigenvalue weighted by molar-refractivity contribution is -0.384. The fourth-order valence-electron chi connectivity index (χ4n) is 2.86. The monoisotopic (exact) mass is 449 g/mol. The Hall–Kier alpha value is -3.11. The van der Waals surface area contributed by atoms with Gasteiger partial charge in [0.1, 0.15) is 5.69 Å². The Labute approximate surface area is 178 Å². The van der Waals surface area contributed by atoms with Gasteiger partial charge in [0, 0.05) is 18.3 Å². The molecule has 0 saturated carbocycles. The molecule has 3 aromatic rings. The van der Waals surface area contributed by atoms with Crippen LogP contribution in [0.2, 0.25) is 5.02 Å². The van der Waals surface area contributed by atoms with Crippen molar-refractivity contribution < 1.29 is 13.3 Å². The molecule has 0 amide bonds. The fraction of sp³-hybridized carbons (Fsp3) is 0.211. The molecule has 0 saturated heterocycles. The van der Waals surface area contributed by atoms with Crippen molar-refractivity contribution in [3.8, 4) is 0 Å². The minimum atomic E-state index is -4.05. The number of sulfonamides is 1. The Morgan fingerprint density at radius 2 is 1.97 bits per heavy atom. The Kier molecular flexibility index (Phi) is 6.58. The van der Waals surface area contributed by atoms with Crippen LogP contribution in [0.3, 0.4) is 0 Å². The Balaban J connectivity index is 1.73. The first kappa shape index (κ1) is 21.6. The first-order valence-electron chi connectivity index (χ1n) is 9.06. The number of halogens is 1. The van der Waals surface area contributed by atoms with Crippen LogP contribution in [0, 0.1) is 17.0 Å². The molecule has 1 heterocycles. The first-order valence-corrected chi connectivity index (χ1v) is 10.9. The molecule has 30 heavy (non-hydrogen) atoms. The number of benzene rings is 2. The second-order valence-electron chi connectivity index (χ2n) is 6.57. The van der Waals surface area contributed by atoms with E-state index in [0.29, 0.717) is 6.54 Å². The molecule has 0 atom stereocenters. The van der Waals surface area contributed by atoms with Crippen molar-refractivity contribution in [3.05, 3.63) is 75.1 Å². The number of nitro groups is 1. The van der Waals surface area contributed by atoms with Crippen molar-refractivity contribution in [1.82, 2.24) is 10.2 Å². The van der Waals surface area contributed by atoms with Crippen LogP contribution in [-0.2, 0) is 16.4 Å². The highest BCUT2D eigenvalue weighted by atomic mass is 35.5. The zero-order valence-electron chi connectivity index (χ0n) is 16.1. The summed E-state index contributed by atoms with van der Waals surface area (Å²) in [6.07, 6.45) is 3.24. The summed E-state index contributed by atoms with van der Waals surface area (Å²) >= 11 is 5.99. The number of hydrogen-bond acceptors (Lipinski definition) is 6. The summed E-state index contributed by atoms with van der Waals surface area (Å²) < 4.78 is 27.6. The standard InChI is InChI=1S/C19H20ClN5O4S/c1-13-14(12-22-23-13)5-4-10-21-18-9-8-15(11-19(18)25(26)27)30(28,29)24-17-7-3-2-6-16(17)20/h2-3,6-9,11-12,21,24H,4-5,10H2,1H3,(H,22,23). The number of H-pyrrole nitrogens is 1. The van der Waals surface area contributed by atoms with Gasteiger partial charge < -0.3 is 5.32 Å². The van der Waals surface area contributed by atoms with E-state index in [2.05, 4.69) is 20.2 Å². The quantitative estimate of drug-likeness (QED) is 0.256. The van der Waals surface area contributed by atoms with Crippen LogP contribution in [0.15, 0.2) is 53.6 Å². The van der Waals surface area contributed by atoms with Gasteiger partial charge in [0.05, 0.1) is 26.7 Å². The molecule has 9 nitrogen and oxygen atoms in total. The topological polar surface area (TPSA) is 130 Å². The van der Waals surface area contributed by atoms with Gasteiger partial charge in [-0.15, -0.1) is 0 Å². The van der Waals surface area contributed by atoms with Crippen molar-refractivity contribution >= 4 is 38.7 Å². The lowest BCUT2D eigenvalue weighted by Crippen LogP contribution is -2.14. The molecule has 3 rings (SSSR count). The number of rotatable bonds is 9. The van der Waals surface area contributed by atoms with Gasteiger partial charge in [0.25, 0.3) is 15.7 Å². The van der Waals surface area contributed by atoms with E-state index in [0.717, 1.165) is 30.2 Å². The molecule has 3 N–H and O–H groups in total. The minimum Gasteiger partial charge on any atom is -0.379 e. The molecule has 1 aromatic heterocycles. The number of nitrogens with one attached hydrogen (secondary N) is 3. The van der Waals surface area contributed by atoms with Crippen LogP contribution < -0.4 is 10.0 Å². The molecule has 11 heteroatoms. The molecule has 0 radical (unpaired) electrons. The molecule has 0 spiro atoms. The molecule has 0 unspecified atom stereocenters. The average molecular weight is 450 g/mol. The fourth-order valence-corrected chi connectivity index (χ4v) is 4.19. The normalized spacial score (nSPS) is 11.3. The summed E-state index contributed by atoms with van der Waals surface area (Å²) in [5, 5.41) is 21.5. The van der Waals surface area contributed by atoms with Crippen molar-refractivity contribution in [2.24, 2.45) is 0 Å². The largest absolute Gasteiger partial charge is 0.379 e. The van der Waals surface area contributed by atoms with Crippen LogP contribution in [0.4, 0.5) is 17.1 Å². The molecule has 0 bridgehead atoms. The third kappa shape index (κ3) is 5.08. The van der Waals surface area contributed by atoms with Crippen molar-refractivity contribution in [2.45, 2.75) is 24.7 Å². The van der Waals surface area contributed by atoms with Gasteiger partial charge >= 0.3 is 0 Å². The highest BCUT2D eigenvalue weighted by molar-refractivity contribution is 7.92. The predicted molar refractivity (Wildman–Crippen MR) is 115 cm³/mol. The molecule has 0 aliphatic heterocycles. The SMILES string of the molecule is Cc1[nH]ncc1CCCNc1ccc(S(=O)(=O)Nc2ccccc2Cl)cc1[N+](=O)[O-]. The summed E-state index contributed by atoms with van der Waals surface area (Å²) in [6.45, 7) is 2.41. The van der Waals surface area contributed by atoms with E-state index < -0.39 is 14.9 Å². The number of aryl methyl sites for hydroxylation is 2. The number of anilines is 2. The van der Waals surface area contributed by atoms with Crippen molar-refractivity contribution in [3.63, 3.8) is 0 Å². The van der Waals surface area contributed by atoms with Gasteiger partial charge in [-0.1, -0.05) is 23.7 Å². The van der Waals surface area contributed by atoms with E-state index in [1.54, 1.807) is 24.4 Å². The summed E-state index contributed by atoms with van der Waals surface area (Å²) in [6, 6.07) is 10.1. The molecular formula is C19H20ClN5O4S. The summed E-state index contributed by atoms with van der Waals surface area (Å²) in [5.41, 5.74) is 2.19. The number of aromatic amines is 1. The van der Waals surface area contributed by atoms with E-state index in [-0.39, 0.29) is 27.0 Å². The second-order valence-corrected chi connectivity index (χ2v) is 8.66. The predicted octanol–water partition coefficient (Wildman–Crippen LogP) is 4.13.